The number of rotatable bonds is 3. The van der Waals surface area contributed by atoms with E-state index in [0.29, 0.717) is 19.0 Å². The van der Waals surface area contributed by atoms with Gasteiger partial charge < -0.3 is 14.8 Å². The molecule has 0 aromatic carbocycles. The number of anilines is 1. The van der Waals surface area contributed by atoms with Crippen molar-refractivity contribution in [1.29, 1.82) is 0 Å². The molecule has 112 valence electrons. The first-order valence-electron chi connectivity index (χ1n) is 6.82. The lowest BCUT2D eigenvalue weighted by Gasteiger charge is -2.17. The quantitative estimate of drug-likeness (QED) is 0.920. The Morgan fingerprint density at radius 1 is 1.55 bits per heavy atom. The highest BCUT2D eigenvalue weighted by Crippen LogP contribution is 2.23. The Balaban J connectivity index is 1.91. The predicted molar refractivity (Wildman–Crippen MR) is 75.2 cm³/mol. The molecule has 1 saturated heterocycles. The van der Waals surface area contributed by atoms with Gasteiger partial charge in [0.15, 0.2) is 11.6 Å². The van der Waals surface area contributed by atoms with Crippen LogP contribution in [-0.4, -0.2) is 34.2 Å². The van der Waals surface area contributed by atoms with Crippen LogP contribution in [0.2, 0.25) is 0 Å². The molecule has 0 radical (unpaired) electrons. The lowest BCUT2D eigenvalue weighted by molar-refractivity contribution is -0.139. The van der Waals surface area contributed by atoms with E-state index >= 15 is 0 Å². The van der Waals surface area contributed by atoms with Crippen LogP contribution in [0, 0.1) is 5.41 Å². The molecule has 6 heteroatoms. The van der Waals surface area contributed by atoms with Crippen molar-refractivity contribution >= 4 is 11.7 Å². The van der Waals surface area contributed by atoms with E-state index < -0.39 is 11.2 Å². The van der Waals surface area contributed by atoms with Gasteiger partial charge in [0.25, 0.3) is 0 Å². The molecule has 1 atom stereocenters. The molecule has 1 fully saturated rings. The standard InChI is InChI=1S/C14H23N3O3/c1-13(2,3)12(18)15-11-6-7-17(16-11)8-10-9-19-14(4,5)20-10/h6-7,10H,8-9H2,1-5H3,(H,15,16,18). The molecule has 2 heterocycles. The minimum Gasteiger partial charge on any atom is -0.348 e. The number of aromatic nitrogens is 2. The fourth-order valence-corrected chi connectivity index (χ4v) is 1.90. The maximum Gasteiger partial charge on any atom is 0.230 e. The SMILES string of the molecule is CC1(C)OCC(Cn2ccc(NC(=O)C(C)(C)C)n2)O1. The van der Waals surface area contributed by atoms with Gasteiger partial charge in [-0.2, -0.15) is 5.10 Å². The summed E-state index contributed by atoms with van der Waals surface area (Å²) in [6.07, 6.45) is 1.81. The third kappa shape index (κ3) is 3.80. The van der Waals surface area contributed by atoms with Crippen molar-refractivity contribution in [2.75, 3.05) is 11.9 Å². The first-order valence-corrected chi connectivity index (χ1v) is 6.82. The average molecular weight is 281 g/mol. The minimum absolute atomic E-state index is 0.0175. The summed E-state index contributed by atoms with van der Waals surface area (Å²) in [4.78, 5) is 11.9. The lowest BCUT2D eigenvalue weighted by Crippen LogP contribution is -2.28. The second-order valence-electron chi connectivity index (χ2n) is 6.58. The molecule has 1 aliphatic heterocycles. The molecule has 1 unspecified atom stereocenters. The van der Waals surface area contributed by atoms with Gasteiger partial charge in [-0.25, -0.2) is 0 Å². The van der Waals surface area contributed by atoms with Gasteiger partial charge in [-0.05, 0) is 13.8 Å². The number of hydrogen-bond acceptors (Lipinski definition) is 4. The Bertz CT molecular complexity index is 488. The van der Waals surface area contributed by atoms with Crippen LogP contribution >= 0.6 is 0 Å². The molecule has 1 aliphatic rings. The molecule has 1 aromatic rings. The van der Waals surface area contributed by atoms with Crippen LogP contribution in [0.1, 0.15) is 34.6 Å². The summed E-state index contributed by atoms with van der Waals surface area (Å²) in [5.74, 6) is -0.0198. The highest BCUT2D eigenvalue weighted by molar-refractivity contribution is 5.93. The summed E-state index contributed by atoms with van der Waals surface area (Å²) in [6, 6.07) is 1.78. The Morgan fingerprint density at radius 3 is 2.80 bits per heavy atom. The summed E-state index contributed by atoms with van der Waals surface area (Å²) in [5.41, 5.74) is -0.434. The number of carbonyl (C=O) groups is 1. The third-order valence-corrected chi connectivity index (χ3v) is 3.02. The molecule has 2 rings (SSSR count). The third-order valence-electron chi connectivity index (χ3n) is 3.02. The summed E-state index contributed by atoms with van der Waals surface area (Å²) in [5, 5.41) is 7.12. The lowest BCUT2D eigenvalue weighted by atomic mass is 9.96. The average Bonchev–Trinajstić information content (AvgIpc) is 2.85. The number of carbonyl (C=O) groups excluding carboxylic acids is 1. The molecule has 20 heavy (non-hydrogen) atoms. The van der Waals surface area contributed by atoms with Gasteiger partial charge in [-0.15, -0.1) is 0 Å². The zero-order chi connectivity index (χ0) is 15.0. The second kappa shape index (κ2) is 5.18. The van der Waals surface area contributed by atoms with Crippen LogP contribution in [0.4, 0.5) is 5.82 Å². The molecule has 0 spiro atoms. The van der Waals surface area contributed by atoms with Gasteiger partial charge in [-0.3, -0.25) is 9.48 Å². The molecular formula is C14H23N3O3. The number of amides is 1. The van der Waals surface area contributed by atoms with Gasteiger partial charge in [0.1, 0.15) is 6.10 Å². The zero-order valence-corrected chi connectivity index (χ0v) is 12.8. The van der Waals surface area contributed by atoms with Crippen LogP contribution in [0.5, 0.6) is 0 Å². The van der Waals surface area contributed by atoms with Gasteiger partial charge in [0.2, 0.25) is 5.91 Å². The molecule has 0 saturated carbocycles. The number of nitrogens with one attached hydrogen (secondary N) is 1. The molecule has 0 aliphatic carbocycles. The Labute approximate surface area is 119 Å². The van der Waals surface area contributed by atoms with E-state index in [1.165, 1.54) is 0 Å². The van der Waals surface area contributed by atoms with E-state index in [-0.39, 0.29) is 12.0 Å². The van der Waals surface area contributed by atoms with Crippen molar-refractivity contribution in [3.63, 3.8) is 0 Å². The zero-order valence-electron chi connectivity index (χ0n) is 12.8. The normalized spacial score (nSPS) is 21.9. The van der Waals surface area contributed by atoms with Crippen molar-refractivity contribution < 1.29 is 14.3 Å². The smallest absolute Gasteiger partial charge is 0.230 e. The number of hydrogen-bond donors (Lipinski definition) is 1. The summed E-state index contributed by atoms with van der Waals surface area (Å²) in [6.45, 7) is 10.5. The Morgan fingerprint density at radius 2 is 2.25 bits per heavy atom. The van der Waals surface area contributed by atoms with Crippen LogP contribution < -0.4 is 5.32 Å². The molecular weight excluding hydrogens is 258 g/mol. The van der Waals surface area contributed by atoms with E-state index in [9.17, 15) is 4.79 Å². The van der Waals surface area contributed by atoms with Crippen molar-refractivity contribution in [3.05, 3.63) is 12.3 Å². The monoisotopic (exact) mass is 281 g/mol. The highest BCUT2D eigenvalue weighted by atomic mass is 16.7. The van der Waals surface area contributed by atoms with E-state index in [0.717, 1.165) is 0 Å². The fraction of sp³-hybridized carbons (Fsp3) is 0.714. The molecule has 1 amide bonds. The van der Waals surface area contributed by atoms with Gasteiger partial charge in [0.05, 0.1) is 13.2 Å². The minimum atomic E-state index is -0.527. The van der Waals surface area contributed by atoms with E-state index in [2.05, 4.69) is 10.4 Å². The van der Waals surface area contributed by atoms with E-state index in [1.807, 2.05) is 40.8 Å². The van der Waals surface area contributed by atoms with Gasteiger partial charge >= 0.3 is 0 Å². The van der Waals surface area contributed by atoms with Crippen LogP contribution in [0.15, 0.2) is 12.3 Å². The second-order valence-corrected chi connectivity index (χ2v) is 6.58. The van der Waals surface area contributed by atoms with E-state index in [1.54, 1.807) is 10.7 Å². The highest BCUT2D eigenvalue weighted by Gasteiger charge is 2.32. The Hall–Kier alpha value is -1.40. The first kappa shape index (κ1) is 15.0. The van der Waals surface area contributed by atoms with Crippen molar-refractivity contribution in [2.24, 2.45) is 5.41 Å². The van der Waals surface area contributed by atoms with Gasteiger partial charge in [-0.1, -0.05) is 20.8 Å². The van der Waals surface area contributed by atoms with Gasteiger partial charge in [0, 0.05) is 17.7 Å². The summed E-state index contributed by atoms with van der Waals surface area (Å²) >= 11 is 0. The molecule has 1 N–H and O–H groups in total. The predicted octanol–water partition coefficient (Wildman–Crippen LogP) is 2.02. The summed E-state index contributed by atoms with van der Waals surface area (Å²) in [7, 11) is 0. The van der Waals surface area contributed by atoms with Crippen LogP contribution in [0.3, 0.4) is 0 Å². The van der Waals surface area contributed by atoms with Crippen molar-refractivity contribution in [3.8, 4) is 0 Å². The van der Waals surface area contributed by atoms with Crippen molar-refractivity contribution in [2.45, 2.75) is 53.1 Å². The Kier molecular flexibility index (Phi) is 3.88. The van der Waals surface area contributed by atoms with Crippen LogP contribution in [0.25, 0.3) is 0 Å². The summed E-state index contributed by atoms with van der Waals surface area (Å²) < 4.78 is 13.0. The van der Waals surface area contributed by atoms with Crippen LogP contribution in [-0.2, 0) is 20.8 Å². The fourth-order valence-electron chi connectivity index (χ4n) is 1.90. The number of ether oxygens (including phenoxy) is 2. The number of nitrogens with zero attached hydrogens (tertiary/aromatic N) is 2. The first-order chi connectivity index (χ1) is 9.16. The van der Waals surface area contributed by atoms with E-state index in [4.69, 9.17) is 9.47 Å². The molecule has 1 aromatic heterocycles. The maximum atomic E-state index is 11.9. The largest absolute Gasteiger partial charge is 0.348 e. The van der Waals surface area contributed by atoms with Crippen molar-refractivity contribution in [1.82, 2.24) is 9.78 Å². The molecule has 6 nitrogen and oxygen atoms in total. The topological polar surface area (TPSA) is 65.4 Å². The molecule has 0 bridgehead atoms. The maximum absolute atomic E-state index is 11.9.